The van der Waals surface area contributed by atoms with Crippen LogP contribution in [0.4, 0.5) is 4.39 Å². The van der Waals surface area contributed by atoms with E-state index in [4.69, 9.17) is 15.9 Å². The normalized spacial score (nSPS) is 9.18. The highest BCUT2D eigenvalue weighted by atomic mass is 35.7. The summed E-state index contributed by atoms with van der Waals surface area (Å²) >= 11 is 0. The van der Waals surface area contributed by atoms with Gasteiger partial charge in [-0.25, -0.2) is 4.39 Å². The molecule has 0 spiro atoms. The molecule has 0 fully saturated rings. The molecule has 0 saturated heterocycles. The fourth-order valence-electron chi connectivity index (χ4n) is 0.634. The molecule has 0 aliphatic rings. The maximum absolute atomic E-state index is 12.7. The minimum absolute atomic E-state index is 0.0412. The monoisotopic (exact) mass is 187 g/mol. The maximum atomic E-state index is 12.7. The zero-order valence-electron chi connectivity index (χ0n) is 5.34. The second kappa shape index (κ2) is 3.61. The molecule has 0 aliphatic heterocycles. The number of nitriles is 1. The Morgan fingerprint density at radius 2 is 2.27 bits per heavy atom. The molecule has 0 atom stereocenters. The summed E-state index contributed by atoms with van der Waals surface area (Å²) in [6.45, 7) is 0. The zero-order valence-corrected chi connectivity index (χ0v) is 6.92. The molecule has 1 nitrogen and oxygen atoms in total. The Hall–Kier alpha value is -0.720. The van der Waals surface area contributed by atoms with Crippen LogP contribution in [0, 0.1) is 17.1 Å². The van der Waals surface area contributed by atoms with Crippen LogP contribution in [0.25, 0.3) is 0 Å². The Morgan fingerprint density at radius 1 is 1.55 bits per heavy atom. The van der Waals surface area contributed by atoms with Gasteiger partial charge < -0.3 is 0 Å². The molecule has 0 unspecified atom stereocenters. The van der Waals surface area contributed by atoms with Crippen LogP contribution in [0.3, 0.4) is 0 Å². The molecule has 4 heteroatoms. The average Bonchev–Trinajstić information content (AvgIpc) is 2.04. The summed E-state index contributed by atoms with van der Waals surface area (Å²) in [6.07, 6.45) is 0. The van der Waals surface area contributed by atoms with Gasteiger partial charge in [0.2, 0.25) is 0 Å². The lowest BCUT2D eigenvalue weighted by molar-refractivity contribution is 0.620. The molecule has 56 valence electrons. The van der Waals surface area contributed by atoms with Crippen LogP contribution in [-0.2, 0) is 0 Å². The van der Waals surface area contributed by atoms with Crippen molar-refractivity contribution in [3.8, 4) is 6.07 Å². The molecule has 0 N–H and O–H groups in total. The van der Waals surface area contributed by atoms with Gasteiger partial charge in [-0.15, -0.1) is 0 Å². The van der Waals surface area contributed by atoms with E-state index >= 15 is 0 Å². The molecule has 0 bridgehead atoms. The van der Waals surface area contributed by atoms with Crippen molar-refractivity contribution in [1.29, 1.82) is 5.26 Å². The Labute approximate surface area is 72.3 Å². The second-order valence-electron chi connectivity index (χ2n) is 1.83. The predicted molar refractivity (Wildman–Crippen MR) is 42.8 cm³/mol. The largest absolute Gasteiger partial charge is 0.206 e. The van der Waals surface area contributed by atoms with E-state index in [1.54, 1.807) is 12.1 Å². The number of rotatable bonds is 1. The molecule has 0 aliphatic carbocycles. The molecular weight excluding hydrogens is 185 g/mol. The third-order valence-corrected chi connectivity index (χ3v) is 2.12. The van der Waals surface area contributed by atoms with Crippen molar-refractivity contribution < 1.29 is 4.39 Å². The number of benzene rings is 1. The average molecular weight is 188 g/mol. The highest BCUT2D eigenvalue weighted by Gasteiger charge is 2.01. The van der Waals surface area contributed by atoms with Gasteiger partial charge in [0.05, 0.1) is 5.56 Å². The van der Waals surface area contributed by atoms with Crippen LogP contribution >= 0.6 is 21.7 Å². The summed E-state index contributed by atoms with van der Waals surface area (Å²) in [5.41, 5.74) is 0.0412. The van der Waals surface area contributed by atoms with Gasteiger partial charge in [-0.1, -0.05) is 0 Å². The number of hydrogen-bond donors (Lipinski definition) is 0. The molecule has 1 aromatic rings. The summed E-state index contributed by atoms with van der Waals surface area (Å²) < 4.78 is 12.7. The van der Waals surface area contributed by atoms with Crippen LogP contribution in [0.1, 0.15) is 5.56 Å². The van der Waals surface area contributed by atoms with E-state index in [2.05, 4.69) is 0 Å². The third-order valence-electron chi connectivity index (χ3n) is 1.15. The first-order valence-electron chi connectivity index (χ1n) is 2.76. The molecule has 0 heterocycles. The predicted octanol–water partition coefficient (Wildman–Crippen LogP) is 2.94. The van der Waals surface area contributed by atoms with Gasteiger partial charge in [0.1, 0.15) is 11.9 Å². The lowest BCUT2D eigenvalue weighted by Gasteiger charge is -1.94. The van der Waals surface area contributed by atoms with Crippen molar-refractivity contribution in [3.05, 3.63) is 29.6 Å². The van der Waals surface area contributed by atoms with E-state index in [9.17, 15) is 4.39 Å². The fraction of sp³-hybridized carbons (Fsp3) is 0. The van der Waals surface area contributed by atoms with Crippen molar-refractivity contribution in [3.63, 3.8) is 0 Å². The molecule has 1 aromatic carbocycles. The molecule has 1 rings (SSSR count). The van der Waals surface area contributed by atoms with Crippen LogP contribution in [-0.4, -0.2) is 0 Å². The van der Waals surface area contributed by atoms with E-state index in [0.29, 0.717) is 4.90 Å². The van der Waals surface area contributed by atoms with E-state index < -0.39 is 5.82 Å². The van der Waals surface area contributed by atoms with Gasteiger partial charge in [0.25, 0.3) is 0 Å². The van der Waals surface area contributed by atoms with Crippen LogP contribution in [0.2, 0.25) is 0 Å². The highest BCUT2D eigenvalue weighted by molar-refractivity contribution is 8.21. The van der Waals surface area contributed by atoms with Gasteiger partial charge in [-0.05, 0) is 39.9 Å². The van der Waals surface area contributed by atoms with Crippen LogP contribution in [0.5, 0.6) is 0 Å². The van der Waals surface area contributed by atoms with Crippen molar-refractivity contribution in [2.45, 2.75) is 4.90 Å². The summed E-state index contributed by atoms with van der Waals surface area (Å²) in [5.74, 6) is -0.529. The van der Waals surface area contributed by atoms with E-state index in [-0.39, 0.29) is 5.56 Å². The lowest BCUT2D eigenvalue weighted by Crippen LogP contribution is -1.81. The Bertz CT molecular complexity index is 308. The van der Waals surface area contributed by atoms with E-state index in [1.165, 1.54) is 12.1 Å². The summed E-state index contributed by atoms with van der Waals surface area (Å²) in [7, 11) is 6.29. The Kier molecular flexibility index (Phi) is 2.75. The van der Waals surface area contributed by atoms with Gasteiger partial charge in [-0.3, -0.25) is 0 Å². The van der Waals surface area contributed by atoms with Crippen molar-refractivity contribution >= 4 is 21.7 Å². The first-order valence-corrected chi connectivity index (χ1v) is 4.40. The molecule has 0 amide bonds. The smallest absolute Gasteiger partial charge is 0.142 e. The topological polar surface area (TPSA) is 23.8 Å². The van der Waals surface area contributed by atoms with Gasteiger partial charge in [0, 0.05) is 4.90 Å². The molecule has 0 radical (unpaired) electrons. The highest BCUT2D eigenvalue weighted by Crippen LogP contribution is 2.23. The van der Waals surface area contributed by atoms with Gasteiger partial charge in [0.15, 0.2) is 0 Å². The van der Waals surface area contributed by atoms with Crippen LogP contribution < -0.4 is 0 Å². The molecular formula is C7H3ClFNS. The number of hydrogen-bond acceptors (Lipinski definition) is 2. The summed E-state index contributed by atoms with van der Waals surface area (Å²) in [4.78, 5) is 0.600. The Balaban J connectivity index is 3.12. The lowest BCUT2D eigenvalue weighted by atomic mass is 10.2. The van der Waals surface area contributed by atoms with Crippen molar-refractivity contribution in [2.75, 3.05) is 0 Å². The molecule has 11 heavy (non-hydrogen) atoms. The zero-order chi connectivity index (χ0) is 8.27. The van der Waals surface area contributed by atoms with E-state index in [0.717, 1.165) is 11.0 Å². The first kappa shape index (κ1) is 8.38. The number of nitrogens with zero attached hydrogens (tertiary/aromatic N) is 1. The quantitative estimate of drug-likeness (QED) is 0.675. The fourth-order valence-corrected chi connectivity index (χ4v) is 1.19. The maximum Gasteiger partial charge on any atom is 0.142 e. The van der Waals surface area contributed by atoms with Crippen molar-refractivity contribution in [2.24, 2.45) is 0 Å². The van der Waals surface area contributed by atoms with Gasteiger partial charge >= 0.3 is 0 Å². The third kappa shape index (κ3) is 1.86. The molecule has 0 aromatic heterocycles. The van der Waals surface area contributed by atoms with Gasteiger partial charge in [-0.2, -0.15) is 5.26 Å². The standard InChI is InChI=1S/C7H3ClFNS/c8-11-6-2-1-5(4-10)7(9)3-6/h1-3H. The van der Waals surface area contributed by atoms with E-state index in [1.807, 2.05) is 0 Å². The van der Waals surface area contributed by atoms with Crippen LogP contribution in [0.15, 0.2) is 23.1 Å². The summed E-state index contributed by atoms with van der Waals surface area (Å²) in [6, 6.07) is 5.95. The summed E-state index contributed by atoms with van der Waals surface area (Å²) in [5, 5.41) is 8.35. The Morgan fingerprint density at radius 3 is 2.73 bits per heavy atom. The van der Waals surface area contributed by atoms with Crippen molar-refractivity contribution in [1.82, 2.24) is 0 Å². The molecule has 0 saturated carbocycles. The SMILES string of the molecule is N#Cc1ccc(SCl)cc1F. The minimum atomic E-state index is -0.529. The first-order chi connectivity index (χ1) is 5.27. The number of halogens is 2. The second-order valence-corrected chi connectivity index (χ2v) is 2.92. The minimum Gasteiger partial charge on any atom is -0.206 e.